The molecule has 2 bridgehead atoms. The number of rotatable bonds is 3. The maximum atomic E-state index is 13.5. The van der Waals surface area contributed by atoms with Gasteiger partial charge in [-0.25, -0.2) is 9.37 Å². The molecule has 1 aromatic heterocycles. The van der Waals surface area contributed by atoms with Crippen LogP contribution in [0.3, 0.4) is 0 Å². The van der Waals surface area contributed by atoms with Gasteiger partial charge in [-0.1, -0.05) is 42.5 Å². The number of nitrogens with zero attached hydrogens (tertiary/aromatic N) is 2. The largest absolute Gasteiger partial charge is 0.457 e. The summed E-state index contributed by atoms with van der Waals surface area (Å²) in [6.45, 7) is 0. The minimum atomic E-state index is -0.307. The maximum Gasteiger partial charge on any atom is 0.130 e. The highest BCUT2D eigenvalue weighted by Crippen LogP contribution is 2.57. The number of pyridine rings is 1. The van der Waals surface area contributed by atoms with Crippen LogP contribution < -0.4 is 9.64 Å². The van der Waals surface area contributed by atoms with E-state index in [1.54, 1.807) is 12.1 Å². The molecule has 140 valence electrons. The van der Waals surface area contributed by atoms with Crippen LogP contribution in [-0.4, -0.2) is 4.98 Å². The van der Waals surface area contributed by atoms with Gasteiger partial charge in [-0.15, -0.1) is 0 Å². The van der Waals surface area contributed by atoms with Gasteiger partial charge in [-0.05, 0) is 58.7 Å². The SMILES string of the molecule is Fc1cccc(Oc2ccc3c(c2)C2c4ccccc4C3N2c2ccccn2)c1. The van der Waals surface area contributed by atoms with Crippen LogP contribution >= 0.6 is 0 Å². The van der Waals surface area contributed by atoms with Gasteiger partial charge in [0.2, 0.25) is 0 Å². The fourth-order valence-corrected chi connectivity index (χ4v) is 4.63. The molecule has 4 aromatic rings. The topological polar surface area (TPSA) is 25.4 Å². The van der Waals surface area contributed by atoms with E-state index in [-0.39, 0.29) is 17.9 Å². The van der Waals surface area contributed by atoms with E-state index in [0.717, 1.165) is 5.82 Å². The Morgan fingerprint density at radius 1 is 0.690 bits per heavy atom. The number of halogens is 1. The minimum absolute atomic E-state index is 0.0946. The summed E-state index contributed by atoms with van der Waals surface area (Å²) in [6, 6.07) is 27.2. The van der Waals surface area contributed by atoms with E-state index in [9.17, 15) is 4.39 Å². The Kier molecular flexibility index (Phi) is 3.47. The maximum absolute atomic E-state index is 13.5. The summed E-state index contributed by atoms with van der Waals surface area (Å²) in [5, 5.41) is 0. The summed E-state index contributed by atoms with van der Waals surface area (Å²) < 4.78 is 19.5. The number of anilines is 1. The van der Waals surface area contributed by atoms with E-state index in [2.05, 4.69) is 52.3 Å². The van der Waals surface area contributed by atoms with Crippen molar-refractivity contribution in [2.45, 2.75) is 12.1 Å². The number of ether oxygens (including phenoxy) is 1. The van der Waals surface area contributed by atoms with Crippen molar-refractivity contribution in [2.75, 3.05) is 4.90 Å². The third-order valence-corrected chi connectivity index (χ3v) is 5.73. The van der Waals surface area contributed by atoms with Crippen molar-refractivity contribution in [3.8, 4) is 11.5 Å². The zero-order chi connectivity index (χ0) is 19.4. The highest BCUT2D eigenvalue weighted by Gasteiger charge is 2.48. The lowest BCUT2D eigenvalue weighted by atomic mass is 9.86. The Bertz CT molecular complexity index is 1220. The molecule has 3 heterocycles. The molecule has 0 spiro atoms. The van der Waals surface area contributed by atoms with Crippen LogP contribution in [0.4, 0.5) is 10.2 Å². The quantitative estimate of drug-likeness (QED) is 0.434. The van der Waals surface area contributed by atoms with Gasteiger partial charge < -0.3 is 9.64 Å². The van der Waals surface area contributed by atoms with Crippen molar-refractivity contribution < 1.29 is 9.13 Å². The molecule has 29 heavy (non-hydrogen) atoms. The Morgan fingerprint density at radius 3 is 2.17 bits per heavy atom. The molecule has 2 atom stereocenters. The molecular weight excluding hydrogens is 363 g/mol. The first-order valence-corrected chi connectivity index (χ1v) is 9.65. The first-order chi connectivity index (χ1) is 14.3. The molecule has 3 nitrogen and oxygen atoms in total. The highest BCUT2D eigenvalue weighted by molar-refractivity contribution is 5.69. The van der Waals surface area contributed by atoms with Gasteiger partial charge in [-0.2, -0.15) is 0 Å². The minimum Gasteiger partial charge on any atom is -0.457 e. The third kappa shape index (κ3) is 2.46. The molecule has 3 aromatic carbocycles. The Hall–Kier alpha value is -3.66. The smallest absolute Gasteiger partial charge is 0.130 e. The van der Waals surface area contributed by atoms with Crippen molar-refractivity contribution in [1.29, 1.82) is 0 Å². The van der Waals surface area contributed by atoms with Crippen molar-refractivity contribution in [3.05, 3.63) is 119 Å². The molecule has 0 saturated carbocycles. The van der Waals surface area contributed by atoms with E-state index in [0.29, 0.717) is 11.5 Å². The van der Waals surface area contributed by atoms with Gasteiger partial charge in [0.15, 0.2) is 0 Å². The molecule has 0 radical (unpaired) electrons. The molecule has 0 fully saturated rings. The zero-order valence-corrected chi connectivity index (χ0v) is 15.5. The first kappa shape index (κ1) is 16.3. The van der Waals surface area contributed by atoms with Crippen molar-refractivity contribution in [1.82, 2.24) is 4.98 Å². The lowest BCUT2D eigenvalue weighted by Crippen LogP contribution is -2.20. The van der Waals surface area contributed by atoms with Crippen molar-refractivity contribution >= 4 is 5.82 Å². The van der Waals surface area contributed by atoms with E-state index >= 15 is 0 Å². The zero-order valence-electron chi connectivity index (χ0n) is 15.5. The number of hydrogen-bond donors (Lipinski definition) is 0. The molecule has 2 aliphatic heterocycles. The molecule has 2 aliphatic rings. The standard InChI is InChI=1S/C25H17FN2O/c26-16-6-5-7-17(14-16)29-18-11-12-21-22(15-18)25-20-9-2-1-8-19(20)24(21)28(25)23-10-3-4-13-27-23/h1-15,24-25H. The molecule has 6 rings (SSSR count). The van der Waals surface area contributed by atoms with E-state index in [1.165, 1.54) is 34.4 Å². The normalized spacial score (nSPS) is 18.4. The lowest BCUT2D eigenvalue weighted by molar-refractivity contribution is 0.476. The Morgan fingerprint density at radius 2 is 1.41 bits per heavy atom. The molecule has 0 N–H and O–H groups in total. The molecule has 0 amide bonds. The second kappa shape index (κ2) is 6.17. The Balaban J connectivity index is 1.45. The van der Waals surface area contributed by atoms with Crippen LogP contribution in [0, 0.1) is 5.82 Å². The fourth-order valence-electron chi connectivity index (χ4n) is 4.63. The van der Waals surface area contributed by atoms with Gasteiger partial charge in [0.1, 0.15) is 23.1 Å². The number of fused-ring (bicyclic) bond motifs is 8. The number of hydrogen-bond acceptors (Lipinski definition) is 3. The van der Waals surface area contributed by atoms with E-state index < -0.39 is 0 Å². The summed E-state index contributed by atoms with van der Waals surface area (Å²) in [4.78, 5) is 7.00. The summed E-state index contributed by atoms with van der Waals surface area (Å²) in [7, 11) is 0. The monoisotopic (exact) mass is 380 g/mol. The van der Waals surface area contributed by atoms with Crippen molar-refractivity contribution in [3.63, 3.8) is 0 Å². The predicted molar refractivity (Wildman–Crippen MR) is 110 cm³/mol. The average molecular weight is 380 g/mol. The summed E-state index contributed by atoms with van der Waals surface area (Å²) in [6.07, 6.45) is 1.83. The molecular formula is C25H17FN2O. The third-order valence-electron chi connectivity index (χ3n) is 5.73. The molecule has 0 saturated heterocycles. The van der Waals surface area contributed by atoms with Crippen LogP contribution in [0.15, 0.2) is 91.1 Å². The lowest BCUT2D eigenvalue weighted by Gasteiger charge is -2.24. The fraction of sp³-hybridized carbons (Fsp3) is 0.0800. The van der Waals surface area contributed by atoms with Gasteiger partial charge in [-0.3, -0.25) is 0 Å². The summed E-state index contributed by atoms with van der Waals surface area (Å²) >= 11 is 0. The molecule has 0 aliphatic carbocycles. The summed E-state index contributed by atoms with van der Waals surface area (Å²) in [5.74, 6) is 1.86. The van der Waals surface area contributed by atoms with Crippen LogP contribution in [0.2, 0.25) is 0 Å². The summed E-state index contributed by atoms with van der Waals surface area (Å²) in [5.41, 5.74) is 5.12. The van der Waals surface area contributed by atoms with Crippen LogP contribution in [0.5, 0.6) is 11.5 Å². The van der Waals surface area contributed by atoms with Gasteiger partial charge in [0, 0.05) is 12.3 Å². The van der Waals surface area contributed by atoms with Crippen LogP contribution in [-0.2, 0) is 0 Å². The number of aromatic nitrogens is 1. The second-order valence-corrected chi connectivity index (χ2v) is 7.38. The van der Waals surface area contributed by atoms with E-state index in [1.807, 2.05) is 24.4 Å². The molecule has 2 unspecified atom stereocenters. The highest BCUT2D eigenvalue weighted by atomic mass is 19.1. The average Bonchev–Trinajstić information content (AvgIpc) is 3.26. The number of benzene rings is 3. The molecule has 4 heteroatoms. The first-order valence-electron chi connectivity index (χ1n) is 9.65. The van der Waals surface area contributed by atoms with Crippen LogP contribution in [0.25, 0.3) is 0 Å². The van der Waals surface area contributed by atoms with Crippen molar-refractivity contribution in [2.24, 2.45) is 0 Å². The predicted octanol–water partition coefficient (Wildman–Crippen LogP) is 6.03. The van der Waals surface area contributed by atoms with E-state index in [4.69, 9.17) is 4.74 Å². The van der Waals surface area contributed by atoms with Gasteiger partial charge >= 0.3 is 0 Å². The van der Waals surface area contributed by atoms with Gasteiger partial charge in [0.25, 0.3) is 0 Å². The van der Waals surface area contributed by atoms with Gasteiger partial charge in [0.05, 0.1) is 12.1 Å². The Labute approximate surface area is 168 Å². The second-order valence-electron chi connectivity index (χ2n) is 7.38. The van der Waals surface area contributed by atoms with Crippen LogP contribution in [0.1, 0.15) is 34.3 Å².